The van der Waals surface area contributed by atoms with Crippen molar-refractivity contribution in [2.24, 2.45) is 0 Å². The SMILES string of the molecule is Cc1c(Nc2cc(-c3ccccc3)ncn2)cnn1C1CCOCC1. The van der Waals surface area contributed by atoms with Crippen LogP contribution in [0.4, 0.5) is 11.5 Å². The third-order valence-electron chi connectivity index (χ3n) is 4.58. The van der Waals surface area contributed by atoms with E-state index >= 15 is 0 Å². The first kappa shape index (κ1) is 15.8. The Morgan fingerprint density at radius 1 is 1.12 bits per heavy atom. The standard InChI is InChI=1S/C19H21N5O/c1-14-18(12-22-24(14)16-7-9-25-10-8-16)23-19-11-17(20-13-21-19)15-5-3-2-4-6-15/h2-6,11-13,16H,7-10H2,1H3,(H,20,21,23). The highest BCUT2D eigenvalue weighted by Gasteiger charge is 2.19. The Morgan fingerprint density at radius 2 is 1.92 bits per heavy atom. The fourth-order valence-electron chi connectivity index (χ4n) is 3.17. The lowest BCUT2D eigenvalue weighted by Gasteiger charge is -2.23. The molecule has 128 valence electrons. The summed E-state index contributed by atoms with van der Waals surface area (Å²) in [5.41, 5.74) is 4.06. The van der Waals surface area contributed by atoms with Crippen molar-refractivity contribution >= 4 is 11.5 Å². The van der Waals surface area contributed by atoms with Crippen molar-refractivity contribution in [1.82, 2.24) is 19.7 Å². The average Bonchev–Trinajstić information content (AvgIpc) is 3.04. The molecule has 1 fully saturated rings. The first-order valence-corrected chi connectivity index (χ1v) is 8.57. The smallest absolute Gasteiger partial charge is 0.134 e. The van der Waals surface area contributed by atoms with Crippen LogP contribution in [0.2, 0.25) is 0 Å². The zero-order valence-electron chi connectivity index (χ0n) is 14.2. The number of anilines is 2. The van der Waals surface area contributed by atoms with E-state index in [0.717, 1.165) is 54.5 Å². The van der Waals surface area contributed by atoms with E-state index in [1.165, 1.54) is 0 Å². The maximum Gasteiger partial charge on any atom is 0.134 e. The van der Waals surface area contributed by atoms with Gasteiger partial charge in [-0.25, -0.2) is 9.97 Å². The van der Waals surface area contributed by atoms with Gasteiger partial charge in [-0.3, -0.25) is 4.68 Å². The molecule has 0 amide bonds. The third-order valence-corrected chi connectivity index (χ3v) is 4.58. The zero-order valence-corrected chi connectivity index (χ0v) is 14.2. The normalized spacial score (nSPS) is 15.2. The van der Waals surface area contributed by atoms with Crippen molar-refractivity contribution in [1.29, 1.82) is 0 Å². The Balaban J connectivity index is 1.56. The van der Waals surface area contributed by atoms with Crippen molar-refractivity contribution in [2.45, 2.75) is 25.8 Å². The monoisotopic (exact) mass is 335 g/mol. The van der Waals surface area contributed by atoms with Crippen LogP contribution in [0.5, 0.6) is 0 Å². The molecule has 3 aromatic rings. The Morgan fingerprint density at radius 3 is 2.72 bits per heavy atom. The minimum absolute atomic E-state index is 0.412. The van der Waals surface area contributed by atoms with Crippen molar-refractivity contribution in [3.8, 4) is 11.3 Å². The zero-order chi connectivity index (χ0) is 17.1. The summed E-state index contributed by atoms with van der Waals surface area (Å²) in [5.74, 6) is 0.767. The Bertz CT molecular complexity index is 840. The predicted octanol–water partition coefficient (Wildman–Crippen LogP) is 3.74. The third kappa shape index (κ3) is 3.39. The maximum absolute atomic E-state index is 5.45. The fourth-order valence-corrected chi connectivity index (χ4v) is 3.17. The largest absolute Gasteiger partial charge is 0.381 e. The number of hydrogen-bond donors (Lipinski definition) is 1. The first-order chi connectivity index (χ1) is 12.3. The molecule has 0 aliphatic carbocycles. The predicted molar refractivity (Wildman–Crippen MR) is 96.8 cm³/mol. The van der Waals surface area contributed by atoms with Gasteiger partial charge in [0.05, 0.1) is 29.3 Å². The van der Waals surface area contributed by atoms with Crippen molar-refractivity contribution in [3.05, 3.63) is 54.6 Å². The Hall–Kier alpha value is -2.73. The molecule has 2 aromatic heterocycles. The van der Waals surface area contributed by atoms with Gasteiger partial charge in [0.25, 0.3) is 0 Å². The van der Waals surface area contributed by atoms with Gasteiger partial charge in [-0.15, -0.1) is 0 Å². The van der Waals surface area contributed by atoms with Gasteiger partial charge in [0, 0.05) is 24.8 Å². The minimum atomic E-state index is 0.412. The van der Waals surface area contributed by atoms with Crippen molar-refractivity contribution < 1.29 is 4.74 Å². The molecule has 0 spiro atoms. The quantitative estimate of drug-likeness (QED) is 0.787. The van der Waals surface area contributed by atoms with Crippen molar-refractivity contribution in [3.63, 3.8) is 0 Å². The van der Waals surface area contributed by atoms with Crippen LogP contribution in [0, 0.1) is 6.92 Å². The summed E-state index contributed by atoms with van der Waals surface area (Å²) >= 11 is 0. The number of nitrogens with one attached hydrogen (secondary N) is 1. The molecule has 0 atom stereocenters. The summed E-state index contributed by atoms with van der Waals surface area (Å²) in [5, 5.41) is 7.95. The lowest BCUT2D eigenvalue weighted by atomic mass is 10.1. The molecular formula is C19H21N5O. The topological polar surface area (TPSA) is 64.9 Å². The van der Waals surface area contributed by atoms with E-state index in [1.807, 2.05) is 42.6 Å². The van der Waals surface area contributed by atoms with Crippen LogP contribution >= 0.6 is 0 Å². The summed E-state index contributed by atoms with van der Waals surface area (Å²) in [6.45, 7) is 3.70. The second-order valence-electron chi connectivity index (χ2n) is 6.21. The molecule has 4 rings (SSSR count). The Kier molecular flexibility index (Phi) is 4.43. The summed E-state index contributed by atoms with van der Waals surface area (Å²) in [7, 11) is 0. The molecule has 1 aromatic carbocycles. The average molecular weight is 335 g/mol. The molecule has 3 heterocycles. The highest BCUT2D eigenvalue weighted by Crippen LogP contribution is 2.27. The number of hydrogen-bond acceptors (Lipinski definition) is 5. The lowest BCUT2D eigenvalue weighted by Crippen LogP contribution is -2.21. The van der Waals surface area contributed by atoms with E-state index in [9.17, 15) is 0 Å². The number of ether oxygens (including phenoxy) is 1. The van der Waals surface area contributed by atoms with E-state index in [1.54, 1.807) is 6.33 Å². The van der Waals surface area contributed by atoms with E-state index in [0.29, 0.717) is 6.04 Å². The summed E-state index contributed by atoms with van der Waals surface area (Å²) < 4.78 is 7.55. The molecule has 1 aliphatic heterocycles. The number of aromatic nitrogens is 4. The van der Waals surface area contributed by atoms with Crippen LogP contribution in [0.15, 0.2) is 48.9 Å². The molecular weight excluding hydrogens is 314 g/mol. The van der Waals surface area contributed by atoms with Crippen LogP contribution in [0.1, 0.15) is 24.6 Å². The highest BCUT2D eigenvalue weighted by atomic mass is 16.5. The summed E-state index contributed by atoms with van der Waals surface area (Å²) in [6, 6.07) is 12.5. The van der Waals surface area contributed by atoms with Crippen LogP contribution in [0.3, 0.4) is 0 Å². The molecule has 6 heteroatoms. The van der Waals surface area contributed by atoms with Gasteiger partial charge in [0.2, 0.25) is 0 Å². The lowest BCUT2D eigenvalue weighted by molar-refractivity contribution is 0.0657. The second-order valence-corrected chi connectivity index (χ2v) is 6.21. The minimum Gasteiger partial charge on any atom is -0.381 e. The molecule has 25 heavy (non-hydrogen) atoms. The number of benzene rings is 1. The number of rotatable bonds is 4. The molecule has 0 bridgehead atoms. The van der Waals surface area contributed by atoms with Crippen molar-refractivity contribution in [2.75, 3.05) is 18.5 Å². The van der Waals surface area contributed by atoms with Crippen LogP contribution in [-0.2, 0) is 4.74 Å². The second kappa shape index (κ2) is 7.03. The molecule has 6 nitrogen and oxygen atoms in total. The van der Waals surface area contributed by atoms with Gasteiger partial charge in [0.1, 0.15) is 12.1 Å². The Labute approximate surface area is 146 Å². The van der Waals surface area contributed by atoms with E-state index < -0.39 is 0 Å². The summed E-state index contributed by atoms with van der Waals surface area (Å²) in [6.07, 6.45) is 5.47. The van der Waals surface area contributed by atoms with E-state index in [2.05, 4.69) is 32.0 Å². The van der Waals surface area contributed by atoms with Gasteiger partial charge < -0.3 is 10.1 Å². The first-order valence-electron chi connectivity index (χ1n) is 8.57. The summed E-state index contributed by atoms with van der Waals surface area (Å²) in [4.78, 5) is 8.71. The molecule has 1 aliphatic rings. The van der Waals surface area contributed by atoms with Gasteiger partial charge in [-0.1, -0.05) is 30.3 Å². The van der Waals surface area contributed by atoms with Gasteiger partial charge in [-0.2, -0.15) is 5.10 Å². The van der Waals surface area contributed by atoms with Crippen LogP contribution < -0.4 is 5.32 Å². The fraction of sp³-hybridized carbons (Fsp3) is 0.316. The van der Waals surface area contributed by atoms with Gasteiger partial charge in [0.15, 0.2) is 0 Å². The molecule has 0 unspecified atom stereocenters. The molecule has 0 radical (unpaired) electrons. The molecule has 1 N–H and O–H groups in total. The molecule has 0 saturated carbocycles. The number of nitrogens with zero attached hydrogens (tertiary/aromatic N) is 4. The van der Waals surface area contributed by atoms with E-state index in [4.69, 9.17) is 4.74 Å². The molecule has 1 saturated heterocycles. The van der Waals surface area contributed by atoms with Crippen LogP contribution in [-0.4, -0.2) is 33.0 Å². The maximum atomic E-state index is 5.45. The van der Waals surface area contributed by atoms with Gasteiger partial charge >= 0.3 is 0 Å². The van der Waals surface area contributed by atoms with E-state index in [-0.39, 0.29) is 0 Å². The van der Waals surface area contributed by atoms with Crippen LogP contribution in [0.25, 0.3) is 11.3 Å². The van der Waals surface area contributed by atoms with Gasteiger partial charge in [-0.05, 0) is 19.8 Å². The highest BCUT2D eigenvalue weighted by molar-refractivity contribution is 5.65.